The summed E-state index contributed by atoms with van der Waals surface area (Å²) in [5, 5.41) is 14.7. The number of rotatable bonds is 6. The van der Waals surface area contributed by atoms with Gasteiger partial charge in [-0.15, -0.1) is 0 Å². The Hall–Kier alpha value is -2.97. The molecule has 0 saturated carbocycles. The molecule has 1 unspecified atom stereocenters. The normalized spacial score (nSPS) is 12.4. The maximum Gasteiger partial charge on any atom is 0.275 e. The SMILES string of the molecule is CN/C=C\C(=N)Cn1ncc2c(F)c([S+]([O-])c3ccccc3)ccc2c1=O. The second-order valence-corrected chi connectivity index (χ2v) is 7.12. The molecule has 1 atom stereocenters. The fraction of sp³-hybridized carbons (Fsp3) is 0.105. The number of aromatic nitrogens is 2. The van der Waals surface area contributed by atoms with Crippen LogP contribution >= 0.6 is 0 Å². The minimum absolute atomic E-state index is 0.00246. The second kappa shape index (κ2) is 8.15. The highest BCUT2D eigenvalue weighted by atomic mass is 32.2. The molecule has 8 heteroatoms. The summed E-state index contributed by atoms with van der Waals surface area (Å²) in [6.07, 6.45) is 4.30. The molecule has 2 N–H and O–H groups in total. The maximum atomic E-state index is 14.9. The Labute approximate surface area is 158 Å². The summed E-state index contributed by atoms with van der Waals surface area (Å²) < 4.78 is 28.6. The number of halogens is 1. The van der Waals surface area contributed by atoms with Crippen LogP contribution in [0.3, 0.4) is 0 Å². The average Bonchev–Trinajstić information content (AvgIpc) is 2.69. The fourth-order valence-electron chi connectivity index (χ4n) is 2.53. The first-order chi connectivity index (χ1) is 13.0. The summed E-state index contributed by atoms with van der Waals surface area (Å²) in [7, 11) is 1.70. The molecule has 27 heavy (non-hydrogen) atoms. The van der Waals surface area contributed by atoms with Gasteiger partial charge in [-0.1, -0.05) is 18.2 Å². The smallest absolute Gasteiger partial charge is 0.275 e. The van der Waals surface area contributed by atoms with E-state index in [1.807, 2.05) is 0 Å². The fourth-order valence-corrected chi connectivity index (χ4v) is 3.65. The van der Waals surface area contributed by atoms with Gasteiger partial charge >= 0.3 is 0 Å². The van der Waals surface area contributed by atoms with Crippen molar-refractivity contribution in [1.29, 1.82) is 5.41 Å². The van der Waals surface area contributed by atoms with Gasteiger partial charge in [0.05, 0.1) is 23.8 Å². The van der Waals surface area contributed by atoms with E-state index in [9.17, 15) is 13.7 Å². The van der Waals surface area contributed by atoms with Crippen LogP contribution in [0.5, 0.6) is 0 Å². The minimum atomic E-state index is -1.70. The summed E-state index contributed by atoms with van der Waals surface area (Å²) in [5.41, 5.74) is -0.341. The van der Waals surface area contributed by atoms with E-state index in [1.54, 1.807) is 43.6 Å². The predicted octanol–water partition coefficient (Wildman–Crippen LogP) is 2.46. The van der Waals surface area contributed by atoms with E-state index >= 15 is 0 Å². The van der Waals surface area contributed by atoms with Crippen molar-refractivity contribution in [1.82, 2.24) is 15.1 Å². The molecule has 0 saturated heterocycles. The molecular weight excluding hydrogens is 367 g/mol. The Morgan fingerprint density at radius 2 is 2.04 bits per heavy atom. The topological polar surface area (TPSA) is 93.8 Å². The Balaban J connectivity index is 2.00. The molecule has 3 aromatic rings. The van der Waals surface area contributed by atoms with E-state index in [0.717, 1.165) is 4.68 Å². The summed E-state index contributed by atoms with van der Waals surface area (Å²) >= 11 is -1.70. The number of nitrogens with zero attached hydrogens (tertiary/aromatic N) is 2. The molecule has 0 amide bonds. The van der Waals surface area contributed by atoms with Gasteiger partial charge in [0.25, 0.3) is 5.56 Å². The highest BCUT2D eigenvalue weighted by molar-refractivity contribution is 7.91. The molecule has 2 aromatic carbocycles. The van der Waals surface area contributed by atoms with Gasteiger partial charge in [-0.3, -0.25) is 4.79 Å². The van der Waals surface area contributed by atoms with Crippen LogP contribution in [0.4, 0.5) is 4.39 Å². The van der Waals surface area contributed by atoms with Crippen molar-refractivity contribution >= 4 is 27.7 Å². The highest BCUT2D eigenvalue weighted by Crippen LogP contribution is 2.27. The van der Waals surface area contributed by atoms with Crippen molar-refractivity contribution in [3.63, 3.8) is 0 Å². The van der Waals surface area contributed by atoms with Crippen molar-refractivity contribution in [3.8, 4) is 0 Å². The number of hydrogen-bond donors (Lipinski definition) is 2. The molecule has 0 radical (unpaired) electrons. The third kappa shape index (κ3) is 3.91. The Morgan fingerprint density at radius 1 is 1.30 bits per heavy atom. The molecule has 1 aromatic heterocycles. The third-order valence-electron chi connectivity index (χ3n) is 3.86. The summed E-state index contributed by atoms with van der Waals surface area (Å²) in [5.74, 6) is -0.725. The van der Waals surface area contributed by atoms with Gasteiger partial charge in [0.1, 0.15) is 0 Å². The van der Waals surface area contributed by atoms with Gasteiger partial charge in [0, 0.05) is 23.6 Å². The van der Waals surface area contributed by atoms with E-state index in [1.165, 1.54) is 24.4 Å². The zero-order valence-electron chi connectivity index (χ0n) is 14.5. The van der Waals surface area contributed by atoms with E-state index in [4.69, 9.17) is 5.41 Å². The van der Waals surface area contributed by atoms with E-state index in [2.05, 4.69) is 10.4 Å². The predicted molar refractivity (Wildman–Crippen MR) is 103 cm³/mol. The average molecular weight is 384 g/mol. The van der Waals surface area contributed by atoms with Crippen molar-refractivity contribution in [3.05, 3.63) is 77.1 Å². The summed E-state index contributed by atoms with van der Waals surface area (Å²) in [6.45, 7) is -0.0354. The highest BCUT2D eigenvalue weighted by Gasteiger charge is 2.22. The number of nitrogens with one attached hydrogen (secondary N) is 2. The lowest BCUT2D eigenvalue weighted by Gasteiger charge is -2.12. The van der Waals surface area contributed by atoms with Crippen LogP contribution < -0.4 is 10.9 Å². The minimum Gasteiger partial charge on any atom is -0.606 e. The zero-order valence-corrected chi connectivity index (χ0v) is 15.3. The number of allylic oxidation sites excluding steroid dienone is 1. The van der Waals surface area contributed by atoms with Gasteiger partial charge in [-0.25, -0.2) is 9.07 Å². The van der Waals surface area contributed by atoms with Crippen molar-refractivity contribution in [2.24, 2.45) is 0 Å². The number of fused-ring (bicyclic) bond motifs is 1. The van der Waals surface area contributed by atoms with Crippen LogP contribution in [0.2, 0.25) is 0 Å². The van der Waals surface area contributed by atoms with Crippen molar-refractivity contribution in [2.45, 2.75) is 16.3 Å². The molecule has 1 heterocycles. The summed E-state index contributed by atoms with van der Waals surface area (Å²) in [4.78, 5) is 13.0. The molecule has 0 fully saturated rings. The quantitative estimate of drug-likeness (QED) is 0.504. The van der Waals surface area contributed by atoms with Crippen molar-refractivity contribution < 1.29 is 8.94 Å². The first-order valence-corrected chi connectivity index (χ1v) is 9.24. The third-order valence-corrected chi connectivity index (χ3v) is 5.28. The first kappa shape index (κ1) is 18.8. The maximum absolute atomic E-state index is 14.9. The van der Waals surface area contributed by atoms with E-state index in [0.29, 0.717) is 4.90 Å². The number of hydrogen-bond acceptors (Lipinski definition) is 5. The van der Waals surface area contributed by atoms with Gasteiger partial charge in [0.15, 0.2) is 15.6 Å². The molecule has 0 aliphatic carbocycles. The lowest BCUT2D eigenvalue weighted by atomic mass is 10.2. The van der Waals surface area contributed by atoms with Crippen LogP contribution in [-0.2, 0) is 17.7 Å². The molecule has 138 valence electrons. The van der Waals surface area contributed by atoms with Crippen LogP contribution in [-0.4, -0.2) is 27.1 Å². The molecule has 0 bridgehead atoms. The molecule has 0 aliphatic rings. The van der Waals surface area contributed by atoms with E-state index in [-0.39, 0.29) is 27.9 Å². The molecular formula is C19H17FN4O2S. The Kier molecular flexibility index (Phi) is 5.68. The van der Waals surface area contributed by atoms with Crippen LogP contribution in [0, 0.1) is 11.2 Å². The molecule has 3 rings (SSSR count). The largest absolute Gasteiger partial charge is 0.606 e. The zero-order chi connectivity index (χ0) is 19.4. The molecule has 6 nitrogen and oxygen atoms in total. The molecule has 0 spiro atoms. The van der Waals surface area contributed by atoms with Crippen LogP contribution in [0.25, 0.3) is 10.8 Å². The number of benzene rings is 2. The first-order valence-electron chi connectivity index (χ1n) is 8.09. The summed E-state index contributed by atoms with van der Waals surface area (Å²) in [6, 6.07) is 11.3. The Morgan fingerprint density at radius 3 is 2.74 bits per heavy atom. The van der Waals surface area contributed by atoms with Crippen LogP contribution in [0.1, 0.15) is 0 Å². The lowest BCUT2D eigenvalue weighted by molar-refractivity contribution is 0.570. The van der Waals surface area contributed by atoms with Crippen LogP contribution in [0.15, 0.2) is 75.5 Å². The van der Waals surface area contributed by atoms with Gasteiger partial charge in [0.2, 0.25) is 0 Å². The molecule has 0 aliphatic heterocycles. The Bertz CT molecular complexity index is 1070. The standard InChI is InChI=1S/C19H17FN4O2S/c1-22-10-9-13(21)12-24-19(25)15-7-8-17(18(20)16(15)11-23-24)27(26)14-5-3-2-4-6-14/h2-11,21-22H,12H2,1H3/b10-9-,21-13?. The van der Waals surface area contributed by atoms with Gasteiger partial charge < -0.3 is 15.3 Å². The second-order valence-electron chi connectivity index (χ2n) is 5.68. The lowest BCUT2D eigenvalue weighted by Crippen LogP contribution is -2.26. The van der Waals surface area contributed by atoms with Gasteiger partial charge in [-0.05, 0) is 36.5 Å². The van der Waals surface area contributed by atoms with E-state index < -0.39 is 22.6 Å². The van der Waals surface area contributed by atoms with Gasteiger partial charge in [-0.2, -0.15) is 5.10 Å². The monoisotopic (exact) mass is 384 g/mol. The van der Waals surface area contributed by atoms with Crippen molar-refractivity contribution in [2.75, 3.05) is 7.05 Å².